The number of hydroxylamine groups is 2. The Morgan fingerprint density at radius 3 is 2.82 bits per heavy atom. The van der Waals surface area contributed by atoms with Gasteiger partial charge in [0.25, 0.3) is 0 Å². The predicted octanol–water partition coefficient (Wildman–Crippen LogP) is 2.58. The molecule has 1 heterocycles. The lowest BCUT2D eigenvalue weighted by Gasteiger charge is -2.25. The van der Waals surface area contributed by atoms with Crippen LogP contribution in [0.25, 0.3) is 0 Å². The number of nitrogens with zero attached hydrogens (tertiary/aromatic N) is 2. The van der Waals surface area contributed by atoms with Gasteiger partial charge in [-0.05, 0) is 17.7 Å². The standard InChI is InChI=1S/C17H14N2O3/c18-9-13-6-7-15-10-19(22-12-20)16(11-21-17(15)8-13)14-4-2-1-3-5-14/h1-8,12,16H,10-11H2. The molecule has 1 unspecified atom stereocenters. The first kappa shape index (κ1) is 14.1. The molecule has 0 aliphatic carbocycles. The summed E-state index contributed by atoms with van der Waals surface area (Å²) < 4.78 is 5.85. The fraction of sp³-hybridized carbons (Fsp3) is 0.176. The van der Waals surface area contributed by atoms with Crippen LogP contribution in [0.2, 0.25) is 0 Å². The molecular formula is C17H14N2O3. The van der Waals surface area contributed by atoms with Crippen LogP contribution in [-0.4, -0.2) is 18.1 Å². The van der Waals surface area contributed by atoms with E-state index in [0.717, 1.165) is 11.1 Å². The van der Waals surface area contributed by atoms with Gasteiger partial charge in [-0.2, -0.15) is 5.26 Å². The third kappa shape index (κ3) is 2.78. The van der Waals surface area contributed by atoms with E-state index in [-0.39, 0.29) is 6.04 Å². The molecule has 0 radical (unpaired) electrons. The van der Waals surface area contributed by atoms with Crippen LogP contribution < -0.4 is 4.74 Å². The summed E-state index contributed by atoms with van der Waals surface area (Å²) >= 11 is 0. The van der Waals surface area contributed by atoms with Crippen LogP contribution >= 0.6 is 0 Å². The fourth-order valence-electron chi connectivity index (χ4n) is 2.52. The quantitative estimate of drug-likeness (QED) is 0.814. The molecule has 22 heavy (non-hydrogen) atoms. The number of nitriles is 1. The Balaban J connectivity index is 1.95. The van der Waals surface area contributed by atoms with Crippen LogP contribution in [0.3, 0.4) is 0 Å². The summed E-state index contributed by atoms with van der Waals surface area (Å²) in [7, 11) is 0. The Hall–Kier alpha value is -2.84. The number of carbonyl (C=O) groups is 1. The third-order valence-corrected chi connectivity index (χ3v) is 3.63. The average molecular weight is 294 g/mol. The van der Waals surface area contributed by atoms with E-state index < -0.39 is 0 Å². The van der Waals surface area contributed by atoms with Crippen molar-refractivity contribution in [1.82, 2.24) is 5.06 Å². The Morgan fingerprint density at radius 2 is 2.09 bits per heavy atom. The number of benzene rings is 2. The van der Waals surface area contributed by atoms with E-state index in [1.165, 1.54) is 0 Å². The van der Waals surface area contributed by atoms with Crippen molar-refractivity contribution in [1.29, 1.82) is 5.26 Å². The van der Waals surface area contributed by atoms with Crippen molar-refractivity contribution in [3.05, 3.63) is 65.2 Å². The average Bonchev–Trinajstić information content (AvgIpc) is 2.74. The number of hydrogen-bond donors (Lipinski definition) is 0. The third-order valence-electron chi connectivity index (χ3n) is 3.63. The summed E-state index contributed by atoms with van der Waals surface area (Å²) in [6.07, 6.45) is 0. The lowest BCUT2D eigenvalue weighted by atomic mass is 10.1. The van der Waals surface area contributed by atoms with Crippen LogP contribution in [0.5, 0.6) is 5.75 Å². The van der Waals surface area contributed by atoms with Crippen molar-refractivity contribution in [3.63, 3.8) is 0 Å². The largest absolute Gasteiger partial charge is 0.491 e. The van der Waals surface area contributed by atoms with Gasteiger partial charge in [0.1, 0.15) is 18.4 Å². The van der Waals surface area contributed by atoms with Gasteiger partial charge in [-0.15, -0.1) is 5.06 Å². The van der Waals surface area contributed by atoms with Crippen LogP contribution in [0.15, 0.2) is 48.5 Å². The van der Waals surface area contributed by atoms with Gasteiger partial charge in [0.05, 0.1) is 18.2 Å². The molecule has 2 aromatic rings. The second kappa shape index (κ2) is 6.29. The lowest BCUT2D eigenvalue weighted by Crippen LogP contribution is -2.30. The Kier molecular flexibility index (Phi) is 4.03. The molecular weight excluding hydrogens is 280 g/mol. The zero-order valence-corrected chi connectivity index (χ0v) is 11.8. The molecule has 2 aromatic carbocycles. The van der Waals surface area contributed by atoms with Crippen LogP contribution in [-0.2, 0) is 16.2 Å². The second-order valence-corrected chi connectivity index (χ2v) is 4.95. The second-order valence-electron chi connectivity index (χ2n) is 4.95. The molecule has 0 amide bonds. The lowest BCUT2D eigenvalue weighted by molar-refractivity contribution is -0.192. The highest BCUT2D eigenvalue weighted by molar-refractivity contribution is 5.43. The van der Waals surface area contributed by atoms with Crippen molar-refractivity contribution < 1.29 is 14.4 Å². The minimum absolute atomic E-state index is 0.204. The minimum Gasteiger partial charge on any atom is -0.491 e. The fourth-order valence-corrected chi connectivity index (χ4v) is 2.52. The first-order chi connectivity index (χ1) is 10.8. The van der Waals surface area contributed by atoms with Gasteiger partial charge < -0.3 is 9.57 Å². The van der Waals surface area contributed by atoms with Gasteiger partial charge in [-0.3, -0.25) is 4.79 Å². The Labute approximate surface area is 128 Å². The zero-order valence-electron chi connectivity index (χ0n) is 11.8. The predicted molar refractivity (Wildman–Crippen MR) is 78.5 cm³/mol. The molecule has 1 aliphatic heterocycles. The highest BCUT2D eigenvalue weighted by Gasteiger charge is 2.27. The van der Waals surface area contributed by atoms with Gasteiger partial charge in [0.2, 0.25) is 0 Å². The van der Waals surface area contributed by atoms with Crippen molar-refractivity contribution in [2.75, 3.05) is 6.61 Å². The van der Waals surface area contributed by atoms with E-state index in [9.17, 15) is 4.79 Å². The molecule has 110 valence electrons. The Morgan fingerprint density at radius 1 is 1.27 bits per heavy atom. The maximum Gasteiger partial charge on any atom is 0.313 e. The van der Waals surface area contributed by atoms with Gasteiger partial charge in [-0.25, -0.2) is 0 Å². The monoisotopic (exact) mass is 294 g/mol. The molecule has 0 spiro atoms. The van der Waals surface area contributed by atoms with Gasteiger partial charge in [0, 0.05) is 5.56 Å². The minimum atomic E-state index is -0.204. The molecule has 0 saturated carbocycles. The van der Waals surface area contributed by atoms with E-state index in [4.69, 9.17) is 14.8 Å². The summed E-state index contributed by atoms with van der Waals surface area (Å²) in [5.74, 6) is 0.650. The molecule has 5 heteroatoms. The van der Waals surface area contributed by atoms with Crippen LogP contribution in [0.1, 0.15) is 22.7 Å². The summed E-state index contributed by atoms with van der Waals surface area (Å²) in [5, 5.41) is 10.6. The maximum atomic E-state index is 10.8. The zero-order chi connectivity index (χ0) is 15.4. The van der Waals surface area contributed by atoms with E-state index in [1.807, 2.05) is 36.4 Å². The summed E-state index contributed by atoms with van der Waals surface area (Å²) in [4.78, 5) is 16.0. The maximum absolute atomic E-state index is 10.8. The highest BCUT2D eigenvalue weighted by Crippen LogP contribution is 2.32. The molecule has 0 N–H and O–H groups in total. The number of ether oxygens (including phenoxy) is 1. The smallest absolute Gasteiger partial charge is 0.313 e. The molecule has 3 rings (SSSR count). The highest BCUT2D eigenvalue weighted by atomic mass is 16.7. The van der Waals surface area contributed by atoms with Crippen LogP contribution in [0, 0.1) is 11.3 Å². The summed E-state index contributed by atoms with van der Waals surface area (Å²) in [6.45, 7) is 1.16. The van der Waals surface area contributed by atoms with Crippen molar-refractivity contribution in [2.45, 2.75) is 12.6 Å². The molecule has 1 atom stereocenters. The van der Waals surface area contributed by atoms with Crippen molar-refractivity contribution in [3.8, 4) is 11.8 Å². The molecule has 0 saturated heterocycles. The van der Waals surface area contributed by atoms with Gasteiger partial charge >= 0.3 is 6.47 Å². The Bertz CT molecular complexity index is 710. The first-order valence-electron chi connectivity index (χ1n) is 6.89. The molecule has 0 aromatic heterocycles. The molecule has 1 aliphatic rings. The van der Waals surface area contributed by atoms with Gasteiger partial charge in [-0.1, -0.05) is 36.4 Å². The summed E-state index contributed by atoms with van der Waals surface area (Å²) in [5.41, 5.74) is 2.41. The first-order valence-corrected chi connectivity index (χ1v) is 6.89. The molecule has 0 bridgehead atoms. The number of hydrogen-bond acceptors (Lipinski definition) is 5. The van der Waals surface area contributed by atoms with E-state index in [2.05, 4.69) is 6.07 Å². The number of fused-ring (bicyclic) bond motifs is 1. The topological polar surface area (TPSA) is 62.6 Å². The normalized spacial score (nSPS) is 17.5. The van der Waals surface area contributed by atoms with E-state index in [1.54, 1.807) is 17.2 Å². The van der Waals surface area contributed by atoms with E-state index >= 15 is 0 Å². The number of carbonyl (C=O) groups excluding carboxylic acids is 1. The SMILES string of the molecule is N#Cc1ccc2c(c1)OCC(c1ccccc1)N(OC=O)C2. The van der Waals surface area contributed by atoms with E-state index in [0.29, 0.717) is 30.9 Å². The van der Waals surface area contributed by atoms with Crippen LogP contribution in [0.4, 0.5) is 0 Å². The molecule has 5 nitrogen and oxygen atoms in total. The van der Waals surface area contributed by atoms with Gasteiger partial charge in [0.15, 0.2) is 0 Å². The van der Waals surface area contributed by atoms with Crippen molar-refractivity contribution >= 4 is 6.47 Å². The van der Waals surface area contributed by atoms with Crippen molar-refractivity contribution in [2.24, 2.45) is 0 Å². The summed E-state index contributed by atoms with van der Waals surface area (Å²) in [6, 6.07) is 16.9. The number of rotatable bonds is 3. The molecule has 0 fully saturated rings.